The van der Waals surface area contributed by atoms with Gasteiger partial charge in [-0.25, -0.2) is 0 Å². The minimum atomic E-state index is -0.374. The van der Waals surface area contributed by atoms with Crippen molar-refractivity contribution in [2.75, 3.05) is 25.0 Å². The molecule has 2 rings (SSSR count). The molecule has 4 nitrogen and oxygen atoms in total. The SMILES string of the molecule is CNC1CCN(c2ccc(C(N)=O)cc2)C1. The van der Waals surface area contributed by atoms with Gasteiger partial charge in [0.15, 0.2) is 0 Å². The molecule has 4 heteroatoms. The molecule has 0 aromatic heterocycles. The average molecular weight is 219 g/mol. The van der Waals surface area contributed by atoms with Crippen LogP contribution < -0.4 is 16.0 Å². The molecule has 16 heavy (non-hydrogen) atoms. The van der Waals surface area contributed by atoms with Crippen molar-refractivity contribution >= 4 is 11.6 Å². The van der Waals surface area contributed by atoms with Gasteiger partial charge in [-0.05, 0) is 37.7 Å². The first kappa shape index (κ1) is 11.0. The van der Waals surface area contributed by atoms with Gasteiger partial charge in [-0.15, -0.1) is 0 Å². The van der Waals surface area contributed by atoms with Gasteiger partial charge in [0.1, 0.15) is 0 Å². The number of anilines is 1. The molecule has 1 atom stereocenters. The molecule has 0 radical (unpaired) electrons. The second-order valence-electron chi connectivity index (χ2n) is 4.13. The summed E-state index contributed by atoms with van der Waals surface area (Å²) in [7, 11) is 1.99. The highest BCUT2D eigenvalue weighted by Crippen LogP contribution is 2.20. The molecule has 0 bridgehead atoms. The molecule has 86 valence electrons. The largest absolute Gasteiger partial charge is 0.370 e. The van der Waals surface area contributed by atoms with E-state index in [-0.39, 0.29) is 5.91 Å². The Bertz CT molecular complexity index is 374. The Morgan fingerprint density at radius 3 is 2.62 bits per heavy atom. The van der Waals surface area contributed by atoms with Crippen molar-refractivity contribution in [3.8, 4) is 0 Å². The monoisotopic (exact) mass is 219 g/mol. The van der Waals surface area contributed by atoms with Crippen LogP contribution in [0.5, 0.6) is 0 Å². The highest BCUT2D eigenvalue weighted by molar-refractivity contribution is 5.93. The summed E-state index contributed by atoms with van der Waals surface area (Å²) in [5.41, 5.74) is 6.92. The van der Waals surface area contributed by atoms with Gasteiger partial charge < -0.3 is 16.0 Å². The van der Waals surface area contributed by atoms with Crippen LogP contribution in [0.4, 0.5) is 5.69 Å². The third-order valence-electron chi connectivity index (χ3n) is 3.11. The summed E-state index contributed by atoms with van der Waals surface area (Å²) >= 11 is 0. The fraction of sp³-hybridized carbons (Fsp3) is 0.417. The van der Waals surface area contributed by atoms with Gasteiger partial charge in [0.05, 0.1) is 0 Å². The highest BCUT2D eigenvalue weighted by Gasteiger charge is 2.20. The number of nitrogens with zero attached hydrogens (tertiary/aromatic N) is 1. The lowest BCUT2D eigenvalue weighted by atomic mass is 10.2. The lowest BCUT2D eigenvalue weighted by molar-refractivity contribution is 0.100. The van der Waals surface area contributed by atoms with E-state index in [1.165, 1.54) is 0 Å². The van der Waals surface area contributed by atoms with Crippen molar-refractivity contribution in [2.45, 2.75) is 12.5 Å². The molecule has 0 aliphatic carbocycles. The van der Waals surface area contributed by atoms with Crippen LogP contribution in [0.3, 0.4) is 0 Å². The van der Waals surface area contributed by atoms with E-state index in [1.807, 2.05) is 19.2 Å². The predicted molar refractivity (Wildman–Crippen MR) is 64.6 cm³/mol. The molecule has 1 fully saturated rings. The molecule has 1 aliphatic heterocycles. The fourth-order valence-electron chi connectivity index (χ4n) is 2.07. The Morgan fingerprint density at radius 1 is 1.44 bits per heavy atom. The van der Waals surface area contributed by atoms with E-state index < -0.39 is 0 Å². The van der Waals surface area contributed by atoms with Crippen molar-refractivity contribution in [2.24, 2.45) is 5.73 Å². The summed E-state index contributed by atoms with van der Waals surface area (Å²) in [6, 6.07) is 8.04. The molecule has 1 heterocycles. The first-order valence-electron chi connectivity index (χ1n) is 5.53. The van der Waals surface area contributed by atoms with Crippen LogP contribution in [0.2, 0.25) is 0 Å². The number of hydrogen-bond acceptors (Lipinski definition) is 3. The lowest BCUT2D eigenvalue weighted by Gasteiger charge is -2.18. The van der Waals surface area contributed by atoms with E-state index in [9.17, 15) is 4.79 Å². The highest BCUT2D eigenvalue weighted by atomic mass is 16.1. The molecule has 3 N–H and O–H groups in total. The van der Waals surface area contributed by atoms with Gasteiger partial charge in [0.2, 0.25) is 5.91 Å². The number of rotatable bonds is 3. The van der Waals surface area contributed by atoms with Gasteiger partial charge in [0, 0.05) is 30.4 Å². The molecule has 0 saturated carbocycles. The van der Waals surface area contributed by atoms with Crippen LogP contribution in [-0.2, 0) is 0 Å². The Hall–Kier alpha value is -1.55. The molecule has 1 unspecified atom stereocenters. The predicted octanol–water partition coefficient (Wildman–Crippen LogP) is 0.584. The molecular weight excluding hydrogens is 202 g/mol. The zero-order chi connectivity index (χ0) is 11.5. The molecule has 1 aromatic carbocycles. The molecule has 1 saturated heterocycles. The summed E-state index contributed by atoms with van der Waals surface area (Å²) in [6.45, 7) is 2.08. The van der Waals surface area contributed by atoms with Crippen LogP contribution in [-0.4, -0.2) is 32.1 Å². The maximum Gasteiger partial charge on any atom is 0.248 e. The summed E-state index contributed by atoms with van der Waals surface area (Å²) in [5.74, 6) is -0.374. The molecule has 1 aromatic rings. The van der Waals surface area contributed by atoms with Crippen molar-refractivity contribution < 1.29 is 4.79 Å². The maximum atomic E-state index is 10.9. The molecule has 1 aliphatic rings. The van der Waals surface area contributed by atoms with Crippen LogP contribution in [0.25, 0.3) is 0 Å². The standard InChI is InChI=1S/C12H17N3O/c1-14-10-6-7-15(8-10)11-4-2-9(3-5-11)12(13)16/h2-5,10,14H,6-8H2,1H3,(H2,13,16). The number of nitrogens with two attached hydrogens (primary N) is 1. The van der Waals surface area contributed by atoms with Gasteiger partial charge in [-0.1, -0.05) is 0 Å². The number of amides is 1. The third kappa shape index (κ3) is 2.17. The van der Waals surface area contributed by atoms with Gasteiger partial charge >= 0.3 is 0 Å². The molecule has 0 spiro atoms. The number of hydrogen-bond donors (Lipinski definition) is 2. The number of benzene rings is 1. The summed E-state index contributed by atoms with van der Waals surface area (Å²) in [6.07, 6.45) is 1.16. The van der Waals surface area contributed by atoms with E-state index in [2.05, 4.69) is 10.2 Å². The van der Waals surface area contributed by atoms with E-state index in [4.69, 9.17) is 5.73 Å². The summed E-state index contributed by atoms with van der Waals surface area (Å²) in [4.78, 5) is 13.2. The van der Waals surface area contributed by atoms with Crippen molar-refractivity contribution in [3.05, 3.63) is 29.8 Å². The normalized spacial score (nSPS) is 20.1. The number of nitrogens with one attached hydrogen (secondary N) is 1. The zero-order valence-corrected chi connectivity index (χ0v) is 9.44. The van der Waals surface area contributed by atoms with E-state index in [0.717, 1.165) is 25.2 Å². The Balaban J connectivity index is 2.08. The molecule has 1 amide bonds. The number of primary amides is 1. The van der Waals surface area contributed by atoms with E-state index >= 15 is 0 Å². The Labute approximate surface area is 95.4 Å². The van der Waals surface area contributed by atoms with Crippen LogP contribution in [0.1, 0.15) is 16.8 Å². The van der Waals surface area contributed by atoms with Gasteiger partial charge in [-0.2, -0.15) is 0 Å². The smallest absolute Gasteiger partial charge is 0.248 e. The van der Waals surface area contributed by atoms with E-state index in [0.29, 0.717) is 11.6 Å². The maximum absolute atomic E-state index is 10.9. The van der Waals surface area contributed by atoms with Crippen molar-refractivity contribution in [1.29, 1.82) is 0 Å². The summed E-state index contributed by atoms with van der Waals surface area (Å²) < 4.78 is 0. The van der Waals surface area contributed by atoms with Crippen molar-refractivity contribution in [1.82, 2.24) is 5.32 Å². The summed E-state index contributed by atoms with van der Waals surface area (Å²) in [5, 5.41) is 3.28. The third-order valence-corrected chi connectivity index (χ3v) is 3.11. The minimum absolute atomic E-state index is 0.374. The topological polar surface area (TPSA) is 58.4 Å². The second-order valence-corrected chi connectivity index (χ2v) is 4.13. The van der Waals surface area contributed by atoms with Crippen LogP contribution in [0, 0.1) is 0 Å². The molecular formula is C12H17N3O. The lowest BCUT2D eigenvalue weighted by Crippen LogP contribution is -2.29. The van der Waals surface area contributed by atoms with Crippen LogP contribution in [0.15, 0.2) is 24.3 Å². The van der Waals surface area contributed by atoms with Gasteiger partial charge in [0.25, 0.3) is 0 Å². The minimum Gasteiger partial charge on any atom is -0.370 e. The first-order chi connectivity index (χ1) is 7.70. The first-order valence-corrected chi connectivity index (χ1v) is 5.53. The fourth-order valence-corrected chi connectivity index (χ4v) is 2.07. The Morgan fingerprint density at radius 2 is 2.12 bits per heavy atom. The second kappa shape index (κ2) is 4.53. The van der Waals surface area contributed by atoms with Gasteiger partial charge in [-0.3, -0.25) is 4.79 Å². The number of likely N-dealkylation sites (N-methyl/N-ethyl adjacent to an activating group) is 1. The number of carbonyl (C=O) groups excluding carboxylic acids is 1. The quantitative estimate of drug-likeness (QED) is 0.782. The Kier molecular flexibility index (Phi) is 3.10. The number of carbonyl (C=O) groups is 1. The zero-order valence-electron chi connectivity index (χ0n) is 9.44. The van der Waals surface area contributed by atoms with E-state index in [1.54, 1.807) is 12.1 Å². The van der Waals surface area contributed by atoms with Crippen LogP contribution >= 0.6 is 0 Å². The van der Waals surface area contributed by atoms with Crippen molar-refractivity contribution in [3.63, 3.8) is 0 Å². The average Bonchev–Trinajstić information content (AvgIpc) is 2.77.